The molecule has 0 N–H and O–H groups in total. The van der Waals surface area contributed by atoms with Crippen LogP contribution in [0.5, 0.6) is 0 Å². The Morgan fingerprint density at radius 1 is 0.541 bits per heavy atom. The van der Waals surface area contributed by atoms with Gasteiger partial charge in [-0.2, -0.15) is 12.1 Å². The molecular weight excluding hydrogens is 649 g/mol. The number of hydrogen-bond acceptors (Lipinski definition) is 0. The van der Waals surface area contributed by atoms with Gasteiger partial charge in [-0.05, 0) is 48.3 Å². The van der Waals surface area contributed by atoms with Gasteiger partial charge in [-0.1, -0.05) is 83.4 Å². The number of rotatable bonds is 10. The second-order valence-corrected chi connectivity index (χ2v) is 16.7. The van der Waals surface area contributed by atoms with Crippen LogP contribution in [0.2, 0.25) is 0 Å². The Morgan fingerprint density at radius 2 is 0.838 bits per heavy atom. The topological polar surface area (TPSA) is 0 Å². The zero-order valence-corrected chi connectivity index (χ0v) is 29.8. The Morgan fingerprint density at radius 3 is 1.11 bits per heavy atom. The van der Waals surface area contributed by atoms with Gasteiger partial charge in [-0.25, -0.2) is 0 Å². The van der Waals surface area contributed by atoms with Gasteiger partial charge in [0.05, 0.1) is 0 Å². The Bertz CT molecular complexity index is 1010. The Balaban J connectivity index is 0.000000253. The molecule has 4 unspecified atom stereocenters. The van der Waals surface area contributed by atoms with Crippen molar-refractivity contribution >= 4 is 48.0 Å². The fourth-order valence-corrected chi connectivity index (χ4v) is 11.7. The molecule has 0 saturated heterocycles. The quantitative estimate of drug-likeness (QED) is 0.0880. The number of benzene rings is 2. The standard InChI is InChI=1S/2C17H24P.Hf/c2*1-5-13(3)18(14(4)6-2)17-11-15-9-7-8-10-16(15)12-17;/h2*7-14H,5-6H2,1-4H3;/q2*-1;. The van der Waals surface area contributed by atoms with Gasteiger partial charge < -0.3 is 0 Å². The first-order valence-electron chi connectivity index (χ1n) is 14.2. The van der Waals surface area contributed by atoms with Crippen LogP contribution in [0.3, 0.4) is 0 Å². The summed E-state index contributed by atoms with van der Waals surface area (Å²) < 4.78 is 0. The molecule has 4 aromatic carbocycles. The van der Waals surface area contributed by atoms with E-state index in [4.69, 9.17) is 0 Å². The maximum absolute atomic E-state index is 2.43. The molecule has 0 bridgehead atoms. The van der Waals surface area contributed by atoms with E-state index in [2.05, 4.69) is 128 Å². The zero-order valence-electron chi connectivity index (χ0n) is 24.5. The summed E-state index contributed by atoms with van der Waals surface area (Å²) in [6.07, 6.45) is 5.16. The molecule has 0 fully saturated rings. The monoisotopic (exact) mass is 698 g/mol. The van der Waals surface area contributed by atoms with E-state index in [1.807, 2.05) is 0 Å². The minimum absolute atomic E-state index is 0. The largest absolute Gasteiger partial charge is 0.161 e. The van der Waals surface area contributed by atoms with E-state index in [1.54, 1.807) is 10.6 Å². The Kier molecular flexibility index (Phi) is 14.0. The van der Waals surface area contributed by atoms with Gasteiger partial charge in [0, 0.05) is 25.8 Å². The van der Waals surface area contributed by atoms with Crippen molar-refractivity contribution in [2.24, 2.45) is 0 Å². The molecule has 0 saturated carbocycles. The van der Waals surface area contributed by atoms with Crippen molar-refractivity contribution in [2.75, 3.05) is 0 Å². The number of fused-ring (bicyclic) bond motifs is 2. The summed E-state index contributed by atoms with van der Waals surface area (Å²) >= 11 is 0. The molecule has 0 aliphatic carbocycles. The minimum Gasteiger partial charge on any atom is -0.161 e. The third kappa shape index (κ3) is 8.19. The van der Waals surface area contributed by atoms with Crippen molar-refractivity contribution in [2.45, 2.75) is 104 Å². The second kappa shape index (κ2) is 15.8. The van der Waals surface area contributed by atoms with Crippen LogP contribution >= 0.6 is 15.8 Å². The van der Waals surface area contributed by atoms with E-state index in [1.165, 1.54) is 47.2 Å². The van der Waals surface area contributed by atoms with Gasteiger partial charge in [0.25, 0.3) is 0 Å². The summed E-state index contributed by atoms with van der Waals surface area (Å²) in [5, 5.41) is 8.85. The third-order valence-electron chi connectivity index (χ3n) is 8.06. The average Bonchev–Trinajstić information content (AvgIpc) is 3.52. The van der Waals surface area contributed by atoms with Crippen molar-refractivity contribution in [3.05, 3.63) is 72.8 Å². The first-order valence-corrected chi connectivity index (χ1v) is 17.2. The van der Waals surface area contributed by atoms with Gasteiger partial charge in [-0.15, -0.1) is 80.7 Å². The van der Waals surface area contributed by atoms with E-state index in [0.29, 0.717) is 0 Å². The van der Waals surface area contributed by atoms with E-state index < -0.39 is 0 Å². The van der Waals surface area contributed by atoms with Gasteiger partial charge in [0.15, 0.2) is 0 Å². The van der Waals surface area contributed by atoms with Crippen LogP contribution in [0.1, 0.15) is 81.1 Å². The summed E-state index contributed by atoms with van der Waals surface area (Å²) in [5.74, 6) is 0. The molecule has 0 amide bonds. The second-order valence-electron chi connectivity index (χ2n) is 10.5. The fourth-order valence-electron chi connectivity index (χ4n) is 5.24. The molecule has 200 valence electrons. The van der Waals surface area contributed by atoms with Gasteiger partial charge in [0.1, 0.15) is 0 Å². The zero-order chi connectivity index (χ0) is 26.2. The molecule has 0 aromatic heterocycles. The molecule has 37 heavy (non-hydrogen) atoms. The van der Waals surface area contributed by atoms with Crippen LogP contribution < -0.4 is 10.6 Å². The van der Waals surface area contributed by atoms with Crippen LogP contribution in [0.25, 0.3) is 21.5 Å². The average molecular weight is 697 g/mol. The Labute approximate surface area is 249 Å². The summed E-state index contributed by atoms with van der Waals surface area (Å²) in [4.78, 5) is 0. The molecule has 4 aromatic rings. The van der Waals surface area contributed by atoms with Gasteiger partial charge in [0.2, 0.25) is 0 Å². The molecule has 4 atom stereocenters. The van der Waals surface area contributed by atoms with E-state index >= 15 is 0 Å². The van der Waals surface area contributed by atoms with Crippen molar-refractivity contribution in [3.63, 3.8) is 0 Å². The van der Waals surface area contributed by atoms with E-state index in [-0.39, 0.29) is 41.7 Å². The van der Waals surface area contributed by atoms with E-state index in [9.17, 15) is 0 Å². The summed E-state index contributed by atoms with van der Waals surface area (Å²) in [7, 11) is -0.0504. The molecule has 0 aliphatic heterocycles. The van der Waals surface area contributed by atoms with Gasteiger partial charge >= 0.3 is 0 Å². The summed E-state index contributed by atoms with van der Waals surface area (Å²) in [6.45, 7) is 19.0. The van der Waals surface area contributed by atoms with Gasteiger partial charge in [-0.3, -0.25) is 0 Å². The first kappa shape index (κ1) is 32.6. The first-order chi connectivity index (χ1) is 17.3. The summed E-state index contributed by atoms with van der Waals surface area (Å²) in [5.41, 5.74) is 3.30. The van der Waals surface area contributed by atoms with Crippen molar-refractivity contribution in [1.29, 1.82) is 0 Å². The number of hydrogen-bond donors (Lipinski definition) is 0. The molecule has 4 rings (SSSR count). The van der Waals surface area contributed by atoms with Crippen LogP contribution in [-0.4, -0.2) is 22.6 Å². The van der Waals surface area contributed by atoms with Crippen LogP contribution in [0, 0.1) is 0 Å². The molecule has 0 radical (unpaired) electrons. The van der Waals surface area contributed by atoms with Crippen LogP contribution in [0.15, 0.2) is 72.8 Å². The molecule has 3 heteroatoms. The molecule has 0 aliphatic rings. The molecule has 0 spiro atoms. The predicted molar refractivity (Wildman–Crippen MR) is 171 cm³/mol. The SMILES string of the molecule is CCC(C)P(c1cc2ccccc2[cH-]1)C(C)CC.CCC(C)P(c1cc2ccccc2[cH-]1)C(C)CC.[Hf]. The fraction of sp³-hybridized carbons (Fsp3) is 0.471. The molecule has 0 heterocycles. The van der Waals surface area contributed by atoms with E-state index in [0.717, 1.165) is 22.6 Å². The van der Waals surface area contributed by atoms with Crippen molar-refractivity contribution in [1.82, 2.24) is 0 Å². The van der Waals surface area contributed by atoms with Crippen molar-refractivity contribution in [3.8, 4) is 0 Å². The maximum Gasteiger partial charge on any atom is 0 e. The molecule has 0 nitrogen and oxygen atoms in total. The third-order valence-corrected chi connectivity index (χ3v) is 15.0. The maximum atomic E-state index is 2.43. The predicted octanol–water partition coefficient (Wildman–Crippen LogP) is 10.5. The Hall–Kier alpha value is -0.610. The minimum atomic E-state index is -0.0252. The molecular formula is C34H48HfP2-2. The summed E-state index contributed by atoms with van der Waals surface area (Å²) in [6, 6.07) is 27.2. The normalized spacial score (nSPS) is 16.2. The smallest absolute Gasteiger partial charge is 0 e. The van der Waals surface area contributed by atoms with Crippen molar-refractivity contribution < 1.29 is 25.8 Å². The van der Waals surface area contributed by atoms with Crippen LogP contribution in [0.4, 0.5) is 0 Å². The van der Waals surface area contributed by atoms with Crippen LogP contribution in [-0.2, 0) is 25.8 Å².